The molecule has 5 nitrogen and oxygen atoms in total. The van der Waals surface area contributed by atoms with Gasteiger partial charge in [0, 0.05) is 29.5 Å². The van der Waals surface area contributed by atoms with E-state index in [1.165, 1.54) is 0 Å². The zero-order valence-corrected chi connectivity index (χ0v) is 15.0. The van der Waals surface area contributed by atoms with Crippen LogP contribution in [-0.2, 0) is 9.59 Å². The van der Waals surface area contributed by atoms with E-state index in [1.54, 1.807) is 6.07 Å². The molecule has 0 radical (unpaired) electrons. The average molecular weight is 345 g/mol. The van der Waals surface area contributed by atoms with Crippen molar-refractivity contribution in [3.63, 3.8) is 0 Å². The summed E-state index contributed by atoms with van der Waals surface area (Å²) in [5.74, 6) is 1.81. The molecule has 0 aromatic heterocycles. The molecular formula is C20H27NO4. The Morgan fingerprint density at radius 1 is 1.08 bits per heavy atom. The maximum atomic E-state index is 12.7. The van der Waals surface area contributed by atoms with Crippen LogP contribution in [0.4, 0.5) is 5.69 Å². The summed E-state index contributed by atoms with van der Waals surface area (Å²) >= 11 is 0. The van der Waals surface area contributed by atoms with Gasteiger partial charge in [-0.1, -0.05) is 6.42 Å². The first-order chi connectivity index (χ1) is 12.1. The van der Waals surface area contributed by atoms with Crippen LogP contribution in [0.1, 0.15) is 46.0 Å². The van der Waals surface area contributed by atoms with E-state index in [9.17, 15) is 9.59 Å². The summed E-state index contributed by atoms with van der Waals surface area (Å²) in [6.45, 7) is 4.93. The van der Waals surface area contributed by atoms with Gasteiger partial charge in [-0.15, -0.1) is 0 Å². The summed E-state index contributed by atoms with van der Waals surface area (Å²) in [7, 11) is 0. The van der Waals surface area contributed by atoms with Gasteiger partial charge in [0.15, 0.2) is 11.5 Å². The van der Waals surface area contributed by atoms with Crippen LogP contribution in [0.25, 0.3) is 0 Å². The lowest BCUT2D eigenvalue weighted by atomic mass is 9.67. The number of hydrogen-bond acceptors (Lipinski definition) is 4. The molecule has 2 aliphatic carbocycles. The Kier molecular flexibility index (Phi) is 5.61. The molecule has 5 heteroatoms. The fourth-order valence-electron chi connectivity index (χ4n) is 4.07. The molecule has 1 aromatic carbocycles. The largest absolute Gasteiger partial charge is 0.490 e. The van der Waals surface area contributed by atoms with Crippen molar-refractivity contribution in [2.75, 3.05) is 18.5 Å². The SMILES string of the molecule is CCOc1ccc(NC(=O)C2CC3CCCC(C2)C3=O)cc1OCC. The van der Waals surface area contributed by atoms with E-state index >= 15 is 0 Å². The summed E-state index contributed by atoms with van der Waals surface area (Å²) in [5, 5.41) is 3.00. The average Bonchev–Trinajstić information content (AvgIpc) is 2.57. The molecule has 0 heterocycles. The lowest BCUT2D eigenvalue weighted by Gasteiger charge is -2.36. The molecule has 0 spiro atoms. The Morgan fingerprint density at radius 2 is 1.72 bits per heavy atom. The maximum Gasteiger partial charge on any atom is 0.227 e. The Hall–Kier alpha value is -2.04. The van der Waals surface area contributed by atoms with Gasteiger partial charge in [-0.3, -0.25) is 9.59 Å². The van der Waals surface area contributed by atoms with E-state index in [0.717, 1.165) is 19.3 Å². The zero-order chi connectivity index (χ0) is 17.8. The number of rotatable bonds is 6. The number of hydrogen-bond donors (Lipinski definition) is 1. The molecule has 2 atom stereocenters. The molecule has 0 saturated heterocycles. The van der Waals surface area contributed by atoms with Crippen LogP contribution in [0, 0.1) is 17.8 Å². The first-order valence-corrected chi connectivity index (χ1v) is 9.36. The number of ether oxygens (including phenoxy) is 2. The number of Topliss-reactive ketones (excluding diaryl/α,β-unsaturated/α-hetero) is 1. The first-order valence-electron chi connectivity index (χ1n) is 9.36. The molecule has 2 fully saturated rings. The quantitative estimate of drug-likeness (QED) is 0.851. The van der Waals surface area contributed by atoms with E-state index in [-0.39, 0.29) is 23.7 Å². The summed E-state index contributed by atoms with van der Waals surface area (Å²) in [6.07, 6.45) is 4.38. The van der Waals surface area contributed by atoms with Gasteiger partial charge >= 0.3 is 0 Å². The third-order valence-corrected chi connectivity index (χ3v) is 5.23. The number of benzene rings is 1. The Labute approximate surface area is 149 Å². The van der Waals surface area contributed by atoms with Crippen molar-refractivity contribution < 1.29 is 19.1 Å². The number of carbonyl (C=O) groups is 2. The third-order valence-electron chi connectivity index (χ3n) is 5.23. The van der Waals surface area contributed by atoms with Crippen LogP contribution in [-0.4, -0.2) is 24.9 Å². The maximum absolute atomic E-state index is 12.7. The lowest BCUT2D eigenvalue weighted by Crippen LogP contribution is -2.40. The number of anilines is 1. The molecule has 3 rings (SSSR count). The van der Waals surface area contributed by atoms with Crippen molar-refractivity contribution in [3.8, 4) is 11.5 Å². The highest BCUT2D eigenvalue weighted by atomic mass is 16.5. The van der Waals surface area contributed by atoms with Crippen molar-refractivity contribution in [2.45, 2.75) is 46.0 Å². The summed E-state index contributed by atoms with van der Waals surface area (Å²) in [5.41, 5.74) is 0.707. The van der Waals surface area contributed by atoms with Crippen molar-refractivity contribution in [3.05, 3.63) is 18.2 Å². The van der Waals surface area contributed by atoms with Crippen molar-refractivity contribution in [1.29, 1.82) is 0 Å². The van der Waals surface area contributed by atoms with Crippen LogP contribution in [0.5, 0.6) is 11.5 Å². The molecule has 1 N–H and O–H groups in total. The van der Waals surface area contributed by atoms with Crippen molar-refractivity contribution in [1.82, 2.24) is 0 Å². The van der Waals surface area contributed by atoms with E-state index in [1.807, 2.05) is 26.0 Å². The number of nitrogens with one attached hydrogen (secondary N) is 1. The van der Waals surface area contributed by atoms with Crippen molar-refractivity contribution in [2.24, 2.45) is 17.8 Å². The second-order valence-electron chi connectivity index (χ2n) is 6.91. The number of ketones is 1. The molecule has 25 heavy (non-hydrogen) atoms. The van der Waals surface area contributed by atoms with Crippen LogP contribution in [0.3, 0.4) is 0 Å². The smallest absolute Gasteiger partial charge is 0.227 e. The van der Waals surface area contributed by atoms with E-state index < -0.39 is 0 Å². The van der Waals surface area contributed by atoms with Gasteiger partial charge in [0.2, 0.25) is 5.91 Å². The summed E-state index contributed by atoms with van der Waals surface area (Å²) < 4.78 is 11.2. The fourth-order valence-corrected chi connectivity index (χ4v) is 4.07. The summed E-state index contributed by atoms with van der Waals surface area (Å²) in [6, 6.07) is 5.46. The van der Waals surface area contributed by atoms with Gasteiger partial charge in [0.05, 0.1) is 13.2 Å². The Morgan fingerprint density at radius 3 is 2.36 bits per heavy atom. The van der Waals surface area contributed by atoms with Gasteiger partial charge in [-0.2, -0.15) is 0 Å². The standard InChI is InChI=1S/C20H27NO4/c1-3-24-17-9-8-16(12-18(17)25-4-2)21-20(23)15-10-13-6-5-7-14(11-15)19(13)22/h8-9,12-15H,3-7,10-11H2,1-2H3,(H,21,23). The molecule has 2 aliphatic rings. The van der Waals surface area contributed by atoms with Gasteiger partial charge in [-0.25, -0.2) is 0 Å². The third kappa shape index (κ3) is 3.97. The highest BCUT2D eigenvalue weighted by molar-refractivity contribution is 5.95. The van der Waals surface area contributed by atoms with E-state index in [2.05, 4.69) is 5.32 Å². The molecule has 2 saturated carbocycles. The molecule has 2 bridgehead atoms. The zero-order valence-electron chi connectivity index (χ0n) is 15.0. The van der Waals surface area contributed by atoms with Gasteiger partial charge in [-0.05, 0) is 51.7 Å². The van der Waals surface area contributed by atoms with Crippen LogP contribution < -0.4 is 14.8 Å². The van der Waals surface area contributed by atoms with Gasteiger partial charge in [0.25, 0.3) is 0 Å². The minimum Gasteiger partial charge on any atom is -0.490 e. The number of carbonyl (C=O) groups excluding carboxylic acids is 2. The molecular weight excluding hydrogens is 318 g/mol. The molecule has 1 amide bonds. The van der Waals surface area contributed by atoms with Crippen LogP contribution in [0.2, 0.25) is 0 Å². The van der Waals surface area contributed by atoms with Gasteiger partial charge < -0.3 is 14.8 Å². The second kappa shape index (κ2) is 7.89. The molecule has 1 aromatic rings. The fraction of sp³-hybridized carbons (Fsp3) is 0.600. The first kappa shape index (κ1) is 17.8. The normalized spacial score (nSPS) is 25.4. The predicted octanol–water partition coefficient (Wildman–Crippen LogP) is 3.82. The molecule has 136 valence electrons. The van der Waals surface area contributed by atoms with Crippen molar-refractivity contribution >= 4 is 17.4 Å². The van der Waals surface area contributed by atoms with Crippen LogP contribution >= 0.6 is 0 Å². The summed E-state index contributed by atoms with van der Waals surface area (Å²) in [4.78, 5) is 24.9. The predicted molar refractivity (Wildman–Crippen MR) is 96.0 cm³/mol. The Balaban J connectivity index is 1.68. The van der Waals surface area contributed by atoms with E-state index in [4.69, 9.17) is 9.47 Å². The molecule has 2 unspecified atom stereocenters. The second-order valence-corrected chi connectivity index (χ2v) is 6.91. The molecule has 0 aliphatic heterocycles. The number of amides is 1. The van der Waals surface area contributed by atoms with E-state index in [0.29, 0.717) is 49.0 Å². The van der Waals surface area contributed by atoms with Gasteiger partial charge in [0.1, 0.15) is 5.78 Å². The minimum absolute atomic E-state index is 0.0102. The number of fused-ring (bicyclic) bond motifs is 2. The monoisotopic (exact) mass is 345 g/mol. The Bertz CT molecular complexity index is 627. The van der Waals surface area contributed by atoms with Crippen LogP contribution in [0.15, 0.2) is 18.2 Å². The topological polar surface area (TPSA) is 64.6 Å². The highest BCUT2D eigenvalue weighted by Gasteiger charge is 2.41. The minimum atomic E-state index is -0.0740. The lowest BCUT2D eigenvalue weighted by molar-refractivity contribution is -0.136. The highest BCUT2D eigenvalue weighted by Crippen LogP contribution is 2.40.